The van der Waals surface area contributed by atoms with Gasteiger partial charge in [-0.2, -0.15) is 0 Å². The third-order valence-corrected chi connectivity index (χ3v) is 4.07. The molecule has 1 fully saturated rings. The SMILES string of the molecule is CNC(=O)OC[C@H]1CC[C@H](c2ccc(Br)cc2)C1. The maximum Gasteiger partial charge on any atom is 0.406 e. The molecule has 1 aromatic carbocycles. The number of ether oxygens (including phenoxy) is 1. The van der Waals surface area contributed by atoms with Crippen LogP contribution in [-0.2, 0) is 4.74 Å². The number of rotatable bonds is 3. The van der Waals surface area contributed by atoms with Crippen LogP contribution in [0, 0.1) is 5.92 Å². The van der Waals surface area contributed by atoms with Gasteiger partial charge in [-0.15, -0.1) is 0 Å². The predicted molar refractivity (Wildman–Crippen MR) is 74.6 cm³/mol. The zero-order valence-corrected chi connectivity index (χ0v) is 12.1. The highest BCUT2D eigenvalue weighted by Gasteiger charge is 2.26. The molecule has 0 bridgehead atoms. The summed E-state index contributed by atoms with van der Waals surface area (Å²) in [4.78, 5) is 11.0. The Morgan fingerprint density at radius 1 is 1.39 bits per heavy atom. The highest BCUT2D eigenvalue weighted by Crippen LogP contribution is 2.38. The summed E-state index contributed by atoms with van der Waals surface area (Å²) >= 11 is 3.45. The Bertz CT molecular complexity index is 405. The highest BCUT2D eigenvalue weighted by atomic mass is 79.9. The molecule has 0 aromatic heterocycles. The van der Waals surface area contributed by atoms with E-state index in [-0.39, 0.29) is 6.09 Å². The normalized spacial score (nSPS) is 22.8. The van der Waals surface area contributed by atoms with Crippen LogP contribution in [0.1, 0.15) is 30.7 Å². The van der Waals surface area contributed by atoms with Crippen molar-refractivity contribution in [1.29, 1.82) is 0 Å². The van der Waals surface area contributed by atoms with Gasteiger partial charge in [0, 0.05) is 11.5 Å². The molecule has 0 saturated heterocycles. The van der Waals surface area contributed by atoms with Crippen LogP contribution in [0.3, 0.4) is 0 Å². The average molecular weight is 312 g/mol. The molecule has 0 heterocycles. The quantitative estimate of drug-likeness (QED) is 0.924. The molecule has 1 amide bonds. The fraction of sp³-hybridized carbons (Fsp3) is 0.500. The molecular formula is C14H18BrNO2. The van der Waals surface area contributed by atoms with E-state index in [2.05, 4.69) is 45.5 Å². The Labute approximate surface area is 116 Å². The molecule has 1 aliphatic carbocycles. The standard InChI is InChI=1S/C14H18BrNO2/c1-16-14(17)18-9-10-2-3-12(8-10)11-4-6-13(15)7-5-11/h4-7,10,12H,2-3,8-9H2,1H3,(H,16,17)/t10-,12-/m0/s1. The largest absolute Gasteiger partial charge is 0.449 e. The summed E-state index contributed by atoms with van der Waals surface area (Å²) in [6, 6.07) is 8.53. The third kappa shape index (κ3) is 3.48. The van der Waals surface area contributed by atoms with Gasteiger partial charge < -0.3 is 10.1 Å². The molecule has 0 radical (unpaired) electrons. The van der Waals surface area contributed by atoms with Gasteiger partial charge in [-0.3, -0.25) is 0 Å². The number of hydrogen-bond acceptors (Lipinski definition) is 2. The summed E-state index contributed by atoms with van der Waals surface area (Å²) in [6.45, 7) is 0.534. The zero-order valence-electron chi connectivity index (χ0n) is 10.5. The minimum absolute atomic E-state index is 0.331. The number of benzene rings is 1. The molecule has 2 atom stereocenters. The Morgan fingerprint density at radius 3 is 2.78 bits per heavy atom. The van der Waals surface area contributed by atoms with Crippen molar-refractivity contribution in [2.75, 3.05) is 13.7 Å². The van der Waals surface area contributed by atoms with E-state index in [1.807, 2.05) is 0 Å². The number of alkyl carbamates (subject to hydrolysis) is 1. The van der Waals surface area contributed by atoms with Gasteiger partial charge in [0.1, 0.15) is 0 Å². The third-order valence-electron chi connectivity index (χ3n) is 3.54. The van der Waals surface area contributed by atoms with Gasteiger partial charge in [0.15, 0.2) is 0 Å². The fourth-order valence-corrected chi connectivity index (χ4v) is 2.79. The number of carbonyl (C=O) groups excluding carboxylic acids is 1. The molecule has 18 heavy (non-hydrogen) atoms. The van der Waals surface area contributed by atoms with E-state index in [9.17, 15) is 4.79 Å². The van der Waals surface area contributed by atoms with E-state index in [0.717, 1.165) is 17.3 Å². The molecule has 3 nitrogen and oxygen atoms in total. The van der Waals surface area contributed by atoms with E-state index < -0.39 is 0 Å². The summed E-state index contributed by atoms with van der Waals surface area (Å²) in [7, 11) is 1.58. The molecular weight excluding hydrogens is 294 g/mol. The Morgan fingerprint density at radius 2 is 2.11 bits per heavy atom. The molecule has 0 aliphatic heterocycles. The first-order chi connectivity index (χ1) is 8.69. The van der Waals surface area contributed by atoms with Gasteiger partial charge in [0.05, 0.1) is 6.61 Å². The van der Waals surface area contributed by atoms with Crippen molar-refractivity contribution in [3.8, 4) is 0 Å². The fourth-order valence-electron chi connectivity index (χ4n) is 2.53. The molecule has 1 aliphatic rings. The summed E-state index contributed by atoms with van der Waals surface area (Å²) in [5.74, 6) is 1.10. The van der Waals surface area contributed by atoms with Crippen LogP contribution in [0.15, 0.2) is 28.7 Å². The summed E-state index contributed by atoms with van der Waals surface area (Å²) in [6.07, 6.45) is 3.10. The number of nitrogens with one attached hydrogen (secondary N) is 1. The second-order valence-corrected chi connectivity index (χ2v) is 5.69. The first-order valence-electron chi connectivity index (χ1n) is 6.29. The van der Waals surface area contributed by atoms with Crippen molar-refractivity contribution >= 4 is 22.0 Å². The highest BCUT2D eigenvalue weighted by molar-refractivity contribution is 9.10. The number of amides is 1. The number of carbonyl (C=O) groups is 1. The minimum Gasteiger partial charge on any atom is -0.449 e. The molecule has 1 saturated carbocycles. The van der Waals surface area contributed by atoms with Crippen molar-refractivity contribution in [3.63, 3.8) is 0 Å². The Balaban J connectivity index is 1.84. The van der Waals surface area contributed by atoms with Gasteiger partial charge in [-0.05, 0) is 48.8 Å². The van der Waals surface area contributed by atoms with Gasteiger partial charge in [0.2, 0.25) is 0 Å². The number of halogens is 1. The van der Waals surface area contributed by atoms with Crippen LogP contribution in [0.25, 0.3) is 0 Å². The van der Waals surface area contributed by atoms with Crippen LogP contribution in [0.2, 0.25) is 0 Å². The Hall–Kier alpha value is -1.03. The minimum atomic E-state index is -0.331. The van der Waals surface area contributed by atoms with Gasteiger partial charge >= 0.3 is 6.09 Å². The Kier molecular flexibility index (Phi) is 4.64. The van der Waals surface area contributed by atoms with Crippen LogP contribution >= 0.6 is 15.9 Å². The van der Waals surface area contributed by atoms with Gasteiger partial charge in [-0.1, -0.05) is 28.1 Å². The summed E-state index contributed by atoms with van der Waals surface area (Å²) in [5, 5.41) is 2.47. The predicted octanol–water partition coefficient (Wildman–Crippen LogP) is 3.69. The van der Waals surface area contributed by atoms with E-state index in [0.29, 0.717) is 18.4 Å². The lowest BCUT2D eigenvalue weighted by Crippen LogP contribution is -2.22. The molecule has 1 aromatic rings. The van der Waals surface area contributed by atoms with Crippen LogP contribution in [0.4, 0.5) is 4.79 Å². The van der Waals surface area contributed by atoms with Crippen LogP contribution in [0.5, 0.6) is 0 Å². The first-order valence-corrected chi connectivity index (χ1v) is 7.08. The van der Waals surface area contributed by atoms with Crippen molar-refractivity contribution in [2.45, 2.75) is 25.2 Å². The molecule has 0 unspecified atom stereocenters. The summed E-state index contributed by atoms with van der Waals surface area (Å²) < 4.78 is 6.24. The molecule has 4 heteroatoms. The molecule has 98 valence electrons. The summed E-state index contributed by atoms with van der Waals surface area (Å²) in [5.41, 5.74) is 1.39. The van der Waals surface area contributed by atoms with Gasteiger partial charge in [0.25, 0.3) is 0 Å². The smallest absolute Gasteiger partial charge is 0.406 e. The van der Waals surface area contributed by atoms with Gasteiger partial charge in [-0.25, -0.2) is 4.79 Å². The van der Waals surface area contributed by atoms with Crippen LogP contribution < -0.4 is 5.32 Å². The van der Waals surface area contributed by atoms with Crippen LogP contribution in [-0.4, -0.2) is 19.7 Å². The number of hydrogen-bond donors (Lipinski definition) is 1. The van der Waals surface area contributed by atoms with E-state index in [1.54, 1.807) is 7.05 Å². The molecule has 2 rings (SSSR count). The van der Waals surface area contributed by atoms with Crippen molar-refractivity contribution < 1.29 is 9.53 Å². The average Bonchev–Trinajstić information content (AvgIpc) is 2.85. The topological polar surface area (TPSA) is 38.3 Å². The second-order valence-electron chi connectivity index (χ2n) is 4.78. The zero-order chi connectivity index (χ0) is 13.0. The van der Waals surface area contributed by atoms with Crippen molar-refractivity contribution in [3.05, 3.63) is 34.3 Å². The van der Waals surface area contributed by atoms with E-state index in [1.165, 1.54) is 12.0 Å². The maximum atomic E-state index is 11.0. The first kappa shape index (κ1) is 13.4. The lowest BCUT2D eigenvalue weighted by Gasteiger charge is -2.12. The molecule has 1 N–H and O–H groups in total. The van der Waals surface area contributed by atoms with E-state index >= 15 is 0 Å². The van der Waals surface area contributed by atoms with Crippen molar-refractivity contribution in [2.24, 2.45) is 5.92 Å². The lowest BCUT2D eigenvalue weighted by molar-refractivity contribution is 0.129. The maximum absolute atomic E-state index is 11.0. The van der Waals surface area contributed by atoms with E-state index in [4.69, 9.17) is 4.74 Å². The van der Waals surface area contributed by atoms with Crippen molar-refractivity contribution in [1.82, 2.24) is 5.32 Å². The molecule has 0 spiro atoms. The monoisotopic (exact) mass is 311 g/mol. The second kappa shape index (κ2) is 6.23. The lowest BCUT2D eigenvalue weighted by atomic mass is 9.97.